The number of para-hydroxylation sites is 1. The van der Waals surface area contributed by atoms with Crippen LogP contribution in [0.25, 0.3) is 0 Å². The van der Waals surface area contributed by atoms with Crippen LogP contribution in [-0.4, -0.2) is 48.7 Å². The van der Waals surface area contributed by atoms with Crippen LogP contribution in [0.3, 0.4) is 0 Å². The summed E-state index contributed by atoms with van der Waals surface area (Å²) in [5.74, 6) is 3.32. The average Bonchev–Trinajstić information content (AvgIpc) is 3.59. The van der Waals surface area contributed by atoms with Crippen LogP contribution in [0, 0.1) is 5.92 Å². The number of guanidine groups is 1. The summed E-state index contributed by atoms with van der Waals surface area (Å²) in [5.41, 5.74) is 1.15. The van der Waals surface area contributed by atoms with Gasteiger partial charge in [-0.25, -0.2) is 4.98 Å². The maximum atomic E-state index is 6.10. The van der Waals surface area contributed by atoms with Gasteiger partial charge in [-0.15, -0.1) is 0 Å². The van der Waals surface area contributed by atoms with Gasteiger partial charge in [-0.2, -0.15) is 0 Å². The van der Waals surface area contributed by atoms with E-state index < -0.39 is 0 Å². The van der Waals surface area contributed by atoms with E-state index in [0.717, 1.165) is 55.7 Å². The number of hydrogen-bond donors (Lipinski definition) is 1. The highest BCUT2D eigenvalue weighted by Gasteiger charge is 2.23. The van der Waals surface area contributed by atoms with Crippen LogP contribution in [0.15, 0.2) is 53.7 Å². The third kappa shape index (κ3) is 5.86. The predicted molar refractivity (Wildman–Crippen MR) is 114 cm³/mol. The number of likely N-dealkylation sites (tertiary alicyclic amines) is 1. The number of nitrogens with one attached hydrogen (secondary N) is 1. The molecule has 1 N–H and O–H groups in total. The summed E-state index contributed by atoms with van der Waals surface area (Å²) in [4.78, 5) is 11.1. The summed E-state index contributed by atoms with van der Waals surface area (Å²) in [5, 5.41) is 3.48. The van der Waals surface area contributed by atoms with Gasteiger partial charge in [-0.1, -0.05) is 18.2 Å². The smallest absolute Gasteiger partial charge is 0.213 e. The first-order chi connectivity index (χ1) is 14.3. The van der Waals surface area contributed by atoms with Crippen molar-refractivity contribution in [3.63, 3.8) is 0 Å². The number of piperidine rings is 1. The molecule has 6 nitrogen and oxygen atoms in total. The highest BCUT2D eigenvalue weighted by molar-refractivity contribution is 5.80. The van der Waals surface area contributed by atoms with Crippen LogP contribution < -0.4 is 14.8 Å². The van der Waals surface area contributed by atoms with Crippen molar-refractivity contribution in [2.45, 2.75) is 38.3 Å². The third-order valence-corrected chi connectivity index (χ3v) is 5.41. The van der Waals surface area contributed by atoms with Gasteiger partial charge in [0.1, 0.15) is 11.9 Å². The van der Waals surface area contributed by atoms with Gasteiger partial charge in [0.15, 0.2) is 5.96 Å². The van der Waals surface area contributed by atoms with Crippen molar-refractivity contribution in [3.05, 3.63) is 54.2 Å². The number of pyridine rings is 1. The number of hydrogen-bond acceptors (Lipinski definition) is 4. The Bertz CT molecular complexity index is 800. The number of aromatic nitrogens is 1. The number of rotatable bonds is 7. The highest BCUT2D eigenvalue weighted by Crippen LogP contribution is 2.29. The fourth-order valence-electron chi connectivity index (χ4n) is 3.52. The zero-order chi connectivity index (χ0) is 19.9. The zero-order valence-corrected chi connectivity index (χ0v) is 17.1. The standard InChI is InChI=1S/C23H30N4O2/c1-24-23(26-16-19-9-12-25-22(15-19)28-17-18-7-8-18)27-13-10-21(11-14-27)29-20-5-3-2-4-6-20/h2-6,9,12,15,18,21H,7-8,10-11,13-14,16-17H2,1H3,(H,24,26). The maximum absolute atomic E-state index is 6.10. The highest BCUT2D eigenvalue weighted by atomic mass is 16.5. The van der Waals surface area contributed by atoms with Crippen molar-refractivity contribution in [2.24, 2.45) is 10.9 Å². The first-order valence-electron chi connectivity index (χ1n) is 10.5. The molecule has 0 radical (unpaired) electrons. The molecule has 0 bridgehead atoms. The molecule has 1 saturated carbocycles. The number of ether oxygens (including phenoxy) is 2. The number of aliphatic imine (C=N–C) groups is 1. The molecule has 2 aromatic rings. The Labute approximate surface area is 173 Å². The van der Waals surface area contributed by atoms with Crippen LogP contribution in [0.4, 0.5) is 0 Å². The topological polar surface area (TPSA) is 59.0 Å². The molecule has 1 saturated heterocycles. The largest absolute Gasteiger partial charge is 0.490 e. The van der Waals surface area contributed by atoms with E-state index in [2.05, 4.69) is 20.2 Å². The molecule has 0 atom stereocenters. The van der Waals surface area contributed by atoms with E-state index in [1.807, 2.05) is 55.7 Å². The van der Waals surface area contributed by atoms with Gasteiger partial charge in [0.2, 0.25) is 5.88 Å². The fraction of sp³-hybridized carbons (Fsp3) is 0.478. The fourth-order valence-corrected chi connectivity index (χ4v) is 3.52. The van der Waals surface area contributed by atoms with Crippen molar-refractivity contribution in [3.8, 4) is 11.6 Å². The minimum absolute atomic E-state index is 0.262. The SMILES string of the molecule is CN=C(NCc1ccnc(OCC2CC2)c1)N1CCC(Oc2ccccc2)CC1. The van der Waals surface area contributed by atoms with Gasteiger partial charge >= 0.3 is 0 Å². The lowest BCUT2D eigenvalue weighted by Gasteiger charge is -2.34. The molecule has 29 heavy (non-hydrogen) atoms. The lowest BCUT2D eigenvalue weighted by Crippen LogP contribution is -2.47. The molecule has 0 spiro atoms. The Morgan fingerprint density at radius 2 is 1.93 bits per heavy atom. The van der Waals surface area contributed by atoms with Crippen LogP contribution >= 0.6 is 0 Å². The number of benzene rings is 1. The quantitative estimate of drug-likeness (QED) is 0.575. The van der Waals surface area contributed by atoms with E-state index in [-0.39, 0.29) is 6.10 Å². The molecule has 6 heteroatoms. The number of nitrogens with zero attached hydrogens (tertiary/aromatic N) is 3. The molecular weight excluding hydrogens is 364 g/mol. The molecule has 2 fully saturated rings. The average molecular weight is 395 g/mol. The van der Waals surface area contributed by atoms with Crippen LogP contribution in [0.5, 0.6) is 11.6 Å². The van der Waals surface area contributed by atoms with E-state index in [4.69, 9.17) is 9.47 Å². The molecule has 1 aromatic heterocycles. The molecule has 154 valence electrons. The molecule has 1 aliphatic carbocycles. The maximum Gasteiger partial charge on any atom is 0.213 e. The second kappa shape index (κ2) is 9.63. The van der Waals surface area contributed by atoms with Crippen LogP contribution in [-0.2, 0) is 6.54 Å². The molecule has 2 heterocycles. The summed E-state index contributed by atoms with van der Waals surface area (Å²) in [6.07, 6.45) is 6.62. The molecule has 2 aliphatic rings. The van der Waals surface area contributed by atoms with Gasteiger partial charge in [-0.3, -0.25) is 4.99 Å². The summed E-state index contributed by atoms with van der Waals surface area (Å²) in [6.45, 7) is 3.35. The zero-order valence-electron chi connectivity index (χ0n) is 17.1. The van der Waals surface area contributed by atoms with Gasteiger partial charge in [-0.05, 0) is 42.5 Å². The van der Waals surface area contributed by atoms with Crippen molar-refractivity contribution >= 4 is 5.96 Å². The van der Waals surface area contributed by atoms with E-state index in [9.17, 15) is 0 Å². The second-order valence-electron chi connectivity index (χ2n) is 7.77. The van der Waals surface area contributed by atoms with Crippen LogP contribution in [0.1, 0.15) is 31.2 Å². The van der Waals surface area contributed by atoms with E-state index in [1.54, 1.807) is 0 Å². The minimum atomic E-state index is 0.262. The third-order valence-electron chi connectivity index (χ3n) is 5.41. The first kappa shape index (κ1) is 19.6. The normalized spacial score (nSPS) is 17.8. The second-order valence-corrected chi connectivity index (χ2v) is 7.77. The molecule has 0 amide bonds. The summed E-state index contributed by atoms with van der Waals surface area (Å²) in [7, 11) is 1.84. The summed E-state index contributed by atoms with van der Waals surface area (Å²) in [6, 6.07) is 14.1. The van der Waals surface area contributed by atoms with Gasteiger partial charge in [0.05, 0.1) is 6.61 Å². The van der Waals surface area contributed by atoms with Crippen molar-refractivity contribution < 1.29 is 9.47 Å². The molecule has 1 aliphatic heterocycles. The van der Waals surface area contributed by atoms with E-state index in [1.165, 1.54) is 12.8 Å². The van der Waals surface area contributed by atoms with Gasteiger partial charge in [0.25, 0.3) is 0 Å². The van der Waals surface area contributed by atoms with Gasteiger partial charge in [0, 0.05) is 51.8 Å². The Morgan fingerprint density at radius 3 is 2.66 bits per heavy atom. The Kier molecular flexibility index (Phi) is 6.49. The molecule has 1 aromatic carbocycles. The monoisotopic (exact) mass is 394 g/mol. The van der Waals surface area contributed by atoms with E-state index >= 15 is 0 Å². The van der Waals surface area contributed by atoms with Crippen LogP contribution in [0.2, 0.25) is 0 Å². The molecule has 0 unspecified atom stereocenters. The molecular formula is C23H30N4O2. The lowest BCUT2D eigenvalue weighted by molar-refractivity contribution is 0.129. The van der Waals surface area contributed by atoms with Crippen molar-refractivity contribution in [1.82, 2.24) is 15.2 Å². The Balaban J connectivity index is 1.24. The van der Waals surface area contributed by atoms with Crippen molar-refractivity contribution in [2.75, 3.05) is 26.7 Å². The van der Waals surface area contributed by atoms with Crippen molar-refractivity contribution in [1.29, 1.82) is 0 Å². The van der Waals surface area contributed by atoms with Gasteiger partial charge < -0.3 is 19.7 Å². The molecule has 4 rings (SSSR count). The van der Waals surface area contributed by atoms with E-state index in [0.29, 0.717) is 12.4 Å². The summed E-state index contributed by atoms with van der Waals surface area (Å²) >= 11 is 0. The first-order valence-corrected chi connectivity index (χ1v) is 10.5. The Morgan fingerprint density at radius 1 is 1.14 bits per heavy atom. The minimum Gasteiger partial charge on any atom is -0.490 e. The lowest BCUT2D eigenvalue weighted by atomic mass is 10.1. The predicted octanol–water partition coefficient (Wildman–Crippen LogP) is 3.49. The summed E-state index contributed by atoms with van der Waals surface area (Å²) < 4.78 is 11.9. The Hall–Kier alpha value is -2.76.